The van der Waals surface area contributed by atoms with Crippen LogP contribution in [0.1, 0.15) is 0 Å². The van der Waals surface area contributed by atoms with Gasteiger partial charge in [0.1, 0.15) is 13.2 Å². The van der Waals surface area contributed by atoms with Crippen LogP contribution in [0.5, 0.6) is 11.5 Å². The molecule has 0 unspecified atom stereocenters. The van der Waals surface area contributed by atoms with Gasteiger partial charge in [-0.15, -0.1) is 11.8 Å². The topological polar surface area (TPSA) is 30.5 Å². The molecule has 4 heteroatoms. The van der Waals surface area contributed by atoms with Gasteiger partial charge in [-0.2, -0.15) is 0 Å². The summed E-state index contributed by atoms with van der Waals surface area (Å²) in [6, 6.07) is 6.19. The van der Waals surface area contributed by atoms with Crippen LogP contribution in [0.4, 0.5) is 0 Å². The molecule has 1 saturated heterocycles. The second kappa shape index (κ2) is 3.94. The molecule has 2 aliphatic heterocycles. The van der Waals surface area contributed by atoms with E-state index in [0.29, 0.717) is 18.5 Å². The van der Waals surface area contributed by atoms with Crippen LogP contribution in [0.15, 0.2) is 23.1 Å². The van der Waals surface area contributed by atoms with E-state index in [4.69, 9.17) is 9.47 Å². The van der Waals surface area contributed by atoms with Crippen LogP contribution < -0.4 is 14.8 Å². The Morgan fingerprint density at radius 3 is 2.67 bits per heavy atom. The zero-order valence-corrected chi connectivity index (χ0v) is 9.18. The molecule has 2 heterocycles. The lowest BCUT2D eigenvalue weighted by Crippen LogP contribution is -2.44. The van der Waals surface area contributed by atoms with Gasteiger partial charge >= 0.3 is 0 Å². The summed E-state index contributed by atoms with van der Waals surface area (Å²) >= 11 is 1.91. The Morgan fingerprint density at radius 2 is 1.93 bits per heavy atom. The number of nitrogens with one attached hydrogen (secondary N) is 1. The molecular weight excluding hydrogens is 210 g/mol. The van der Waals surface area contributed by atoms with Crippen LogP contribution in [-0.2, 0) is 0 Å². The quantitative estimate of drug-likeness (QED) is 0.823. The van der Waals surface area contributed by atoms with Gasteiger partial charge in [-0.3, -0.25) is 0 Å². The van der Waals surface area contributed by atoms with Crippen molar-refractivity contribution < 1.29 is 9.47 Å². The van der Waals surface area contributed by atoms with Crippen LogP contribution in [0, 0.1) is 0 Å². The van der Waals surface area contributed by atoms with Gasteiger partial charge in [0.25, 0.3) is 0 Å². The summed E-state index contributed by atoms with van der Waals surface area (Å²) < 4.78 is 11.0. The summed E-state index contributed by atoms with van der Waals surface area (Å²) in [6.07, 6.45) is 0. The van der Waals surface area contributed by atoms with Gasteiger partial charge in [-0.1, -0.05) is 0 Å². The molecule has 0 bridgehead atoms. The fourth-order valence-electron chi connectivity index (χ4n) is 1.63. The first kappa shape index (κ1) is 9.36. The van der Waals surface area contributed by atoms with Crippen LogP contribution in [0.2, 0.25) is 0 Å². The molecule has 0 atom stereocenters. The zero-order valence-electron chi connectivity index (χ0n) is 8.36. The van der Waals surface area contributed by atoms with Gasteiger partial charge in [0.15, 0.2) is 11.5 Å². The first-order chi connectivity index (χ1) is 7.42. The smallest absolute Gasteiger partial charge is 0.162 e. The molecule has 0 spiro atoms. The first-order valence-electron chi connectivity index (χ1n) is 5.19. The highest BCUT2D eigenvalue weighted by atomic mass is 32.2. The van der Waals surface area contributed by atoms with E-state index in [-0.39, 0.29) is 0 Å². The fourth-order valence-corrected chi connectivity index (χ4v) is 2.74. The first-order valence-corrected chi connectivity index (χ1v) is 6.07. The van der Waals surface area contributed by atoms with Gasteiger partial charge in [-0.25, -0.2) is 0 Å². The lowest BCUT2D eigenvalue weighted by Gasteiger charge is -2.27. The Morgan fingerprint density at radius 1 is 1.13 bits per heavy atom. The molecule has 1 aromatic rings. The summed E-state index contributed by atoms with van der Waals surface area (Å²) in [7, 11) is 0. The average Bonchev–Trinajstić information content (AvgIpc) is 2.23. The van der Waals surface area contributed by atoms with Gasteiger partial charge in [0, 0.05) is 23.2 Å². The summed E-state index contributed by atoms with van der Waals surface area (Å²) in [4.78, 5) is 1.27. The molecular formula is C11H13NO2S. The molecule has 2 aliphatic rings. The molecule has 0 aromatic heterocycles. The normalized spacial score (nSPS) is 19.7. The second-order valence-corrected chi connectivity index (χ2v) is 5.08. The Labute approximate surface area is 93.1 Å². The maximum absolute atomic E-state index is 5.54. The van der Waals surface area contributed by atoms with Crippen LogP contribution in [0.25, 0.3) is 0 Å². The third-order valence-electron chi connectivity index (χ3n) is 2.56. The predicted octanol–water partition coefficient (Wildman–Crippen LogP) is 1.52. The molecule has 80 valence electrons. The minimum Gasteiger partial charge on any atom is -0.486 e. The maximum atomic E-state index is 5.54. The van der Waals surface area contributed by atoms with E-state index in [1.165, 1.54) is 4.90 Å². The van der Waals surface area contributed by atoms with Gasteiger partial charge < -0.3 is 14.8 Å². The Bertz CT molecular complexity index is 366. The van der Waals surface area contributed by atoms with E-state index >= 15 is 0 Å². The Hall–Kier alpha value is -0.870. The molecule has 3 rings (SSSR count). The maximum Gasteiger partial charge on any atom is 0.162 e. The lowest BCUT2D eigenvalue weighted by molar-refractivity contribution is 0.171. The lowest BCUT2D eigenvalue weighted by atomic mass is 10.3. The molecule has 1 aromatic carbocycles. The van der Waals surface area contributed by atoms with Gasteiger partial charge in [-0.05, 0) is 18.2 Å². The molecule has 0 saturated carbocycles. The molecule has 15 heavy (non-hydrogen) atoms. The minimum absolute atomic E-state index is 0.659. The van der Waals surface area contributed by atoms with Crippen molar-refractivity contribution in [2.75, 3.05) is 26.3 Å². The van der Waals surface area contributed by atoms with Crippen molar-refractivity contribution in [2.24, 2.45) is 0 Å². The molecule has 0 aliphatic carbocycles. The number of fused-ring (bicyclic) bond motifs is 1. The number of hydrogen-bond donors (Lipinski definition) is 1. The largest absolute Gasteiger partial charge is 0.486 e. The Balaban J connectivity index is 1.77. The van der Waals surface area contributed by atoms with E-state index in [1.54, 1.807) is 0 Å². The van der Waals surface area contributed by atoms with Crippen molar-refractivity contribution in [3.05, 3.63) is 18.2 Å². The SMILES string of the molecule is c1cc2c(cc1SC1CNC1)OCCO2. The van der Waals surface area contributed by atoms with E-state index in [2.05, 4.69) is 17.4 Å². The average molecular weight is 223 g/mol. The standard InChI is InChI=1S/C11H13NO2S/c1-2-10-11(14-4-3-13-10)5-8(1)15-9-6-12-7-9/h1-2,5,9,12H,3-4,6-7H2. The van der Waals surface area contributed by atoms with E-state index < -0.39 is 0 Å². The monoisotopic (exact) mass is 223 g/mol. The molecule has 1 fully saturated rings. The molecule has 1 N–H and O–H groups in total. The Kier molecular flexibility index (Phi) is 2.46. The van der Waals surface area contributed by atoms with Crippen molar-refractivity contribution in [2.45, 2.75) is 10.1 Å². The summed E-state index contributed by atoms with van der Waals surface area (Å²) in [5.41, 5.74) is 0. The van der Waals surface area contributed by atoms with E-state index in [1.807, 2.05) is 17.8 Å². The van der Waals surface area contributed by atoms with E-state index in [0.717, 1.165) is 24.6 Å². The number of hydrogen-bond acceptors (Lipinski definition) is 4. The third-order valence-corrected chi connectivity index (χ3v) is 3.75. The van der Waals surface area contributed by atoms with Crippen molar-refractivity contribution >= 4 is 11.8 Å². The summed E-state index contributed by atoms with van der Waals surface area (Å²) in [5.74, 6) is 1.76. The number of rotatable bonds is 2. The van der Waals surface area contributed by atoms with Gasteiger partial charge in [0.05, 0.1) is 0 Å². The number of ether oxygens (including phenoxy) is 2. The highest BCUT2D eigenvalue weighted by Crippen LogP contribution is 2.35. The van der Waals surface area contributed by atoms with Crippen LogP contribution in [0.3, 0.4) is 0 Å². The van der Waals surface area contributed by atoms with Crippen LogP contribution >= 0.6 is 11.8 Å². The van der Waals surface area contributed by atoms with Gasteiger partial charge in [0.2, 0.25) is 0 Å². The summed E-state index contributed by atoms with van der Waals surface area (Å²) in [6.45, 7) is 3.54. The fraction of sp³-hybridized carbons (Fsp3) is 0.455. The summed E-state index contributed by atoms with van der Waals surface area (Å²) in [5, 5.41) is 3.98. The molecule has 3 nitrogen and oxygen atoms in total. The second-order valence-electron chi connectivity index (χ2n) is 3.70. The molecule has 0 amide bonds. The number of thioether (sulfide) groups is 1. The highest BCUT2D eigenvalue weighted by Gasteiger charge is 2.19. The number of benzene rings is 1. The van der Waals surface area contributed by atoms with Crippen molar-refractivity contribution in [1.29, 1.82) is 0 Å². The van der Waals surface area contributed by atoms with Crippen molar-refractivity contribution in [3.8, 4) is 11.5 Å². The van der Waals surface area contributed by atoms with Crippen molar-refractivity contribution in [1.82, 2.24) is 5.32 Å². The molecule has 0 radical (unpaired) electrons. The zero-order chi connectivity index (χ0) is 10.1. The van der Waals surface area contributed by atoms with Crippen molar-refractivity contribution in [3.63, 3.8) is 0 Å². The highest BCUT2D eigenvalue weighted by molar-refractivity contribution is 8.00. The van der Waals surface area contributed by atoms with Crippen LogP contribution in [-0.4, -0.2) is 31.6 Å². The third kappa shape index (κ3) is 1.92. The van der Waals surface area contributed by atoms with E-state index in [9.17, 15) is 0 Å². The predicted molar refractivity (Wildman–Crippen MR) is 59.9 cm³/mol. The minimum atomic E-state index is 0.659.